The number of rotatable bonds is 4. The monoisotopic (exact) mass is 436 g/mol. The van der Waals surface area contributed by atoms with E-state index < -0.39 is 16.2 Å². The maximum absolute atomic E-state index is 13.4. The van der Waals surface area contributed by atoms with Crippen LogP contribution in [0, 0.1) is 21.4 Å². The fraction of sp³-hybridized carbons (Fsp3) is 0.440. The molecule has 0 bridgehead atoms. The average Bonchev–Trinajstić information content (AvgIpc) is 2.78. The molecule has 2 aliphatic carbocycles. The lowest BCUT2D eigenvalue weighted by Gasteiger charge is -2.54. The Morgan fingerprint density at radius 2 is 1.84 bits per heavy atom. The van der Waals surface area contributed by atoms with Crippen molar-refractivity contribution in [1.82, 2.24) is 5.32 Å². The van der Waals surface area contributed by atoms with Crippen LogP contribution in [-0.2, 0) is 16.6 Å². The van der Waals surface area contributed by atoms with Crippen LogP contribution in [0.4, 0.5) is 5.69 Å². The lowest BCUT2D eigenvalue weighted by atomic mass is 9.49. The van der Waals surface area contributed by atoms with Crippen LogP contribution in [-0.4, -0.2) is 23.8 Å². The first kappa shape index (κ1) is 22.0. The van der Waals surface area contributed by atoms with Gasteiger partial charge in [0.25, 0.3) is 11.6 Å². The molecule has 7 nitrogen and oxygen atoms in total. The van der Waals surface area contributed by atoms with Crippen LogP contribution in [0.25, 0.3) is 0 Å². The van der Waals surface area contributed by atoms with Crippen molar-refractivity contribution >= 4 is 17.5 Å². The molecule has 2 amide bonds. The van der Waals surface area contributed by atoms with Gasteiger partial charge in [0.2, 0.25) is 5.91 Å². The van der Waals surface area contributed by atoms with Crippen LogP contribution < -0.4 is 10.1 Å². The number of fused-ring (bicyclic) bond motifs is 3. The number of hydrogen-bond donors (Lipinski definition) is 1. The summed E-state index contributed by atoms with van der Waals surface area (Å²) in [5, 5.41) is 13.4. The summed E-state index contributed by atoms with van der Waals surface area (Å²) in [7, 11) is 1.67. The van der Waals surface area contributed by atoms with Gasteiger partial charge in [-0.2, -0.15) is 0 Å². The number of aryl methyl sites for hydroxylation is 1. The number of carbonyl (C=O) groups excluding carboxylic acids is 2. The number of nitrogens with one attached hydrogen (secondary N) is 1. The molecule has 2 aromatic rings. The van der Waals surface area contributed by atoms with Gasteiger partial charge in [0.05, 0.1) is 17.4 Å². The topological polar surface area (TPSA) is 98.5 Å². The lowest BCUT2D eigenvalue weighted by molar-refractivity contribution is -0.384. The third-order valence-electron chi connectivity index (χ3n) is 7.65. The van der Waals surface area contributed by atoms with E-state index in [0.29, 0.717) is 0 Å². The van der Waals surface area contributed by atoms with Gasteiger partial charge in [-0.25, -0.2) is 0 Å². The molecule has 2 aliphatic rings. The number of carbonyl (C=O) groups is 2. The molecule has 1 saturated carbocycles. The van der Waals surface area contributed by atoms with Crippen molar-refractivity contribution in [3.05, 3.63) is 69.3 Å². The van der Waals surface area contributed by atoms with Crippen molar-refractivity contribution in [3.63, 3.8) is 0 Å². The summed E-state index contributed by atoms with van der Waals surface area (Å²) in [5.74, 6) is 0.151. The molecule has 7 heteroatoms. The second kappa shape index (κ2) is 8.04. The highest BCUT2D eigenvalue weighted by atomic mass is 16.6. The Labute approximate surface area is 187 Å². The number of nitro benzene ring substituents is 1. The molecule has 1 fully saturated rings. The normalized spacial score (nSPS) is 26.4. The number of ether oxygens (including phenoxy) is 1. The second-order valence-corrected chi connectivity index (χ2v) is 9.39. The molecular formula is C25H28N2O5. The van der Waals surface area contributed by atoms with Crippen LogP contribution in [0.3, 0.4) is 0 Å². The number of amides is 2. The quantitative estimate of drug-likeness (QED) is 0.430. The molecule has 0 aliphatic heterocycles. The van der Waals surface area contributed by atoms with Crippen molar-refractivity contribution in [1.29, 1.82) is 0 Å². The predicted molar refractivity (Wildman–Crippen MR) is 120 cm³/mol. The number of hydrogen-bond acceptors (Lipinski definition) is 5. The van der Waals surface area contributed by atoms with E-state index >= 15 is 0 Å². The summed E-state index contributed by atoms with van der Waals surface area (Å²) < 4.78 is 5.40. The van der Waals surface area contributed by atoms with E-state index in [1.54, 1.807) is 7.11 Å². The smallest absolute Gasteiger partial charge is 0.269 e. The highest BCUT2D eigenvalue weighted by Gasteiger charge is 2.55. The summed E-state index contributed by atoms with van der Waals surface area (Å²) >= 11 is 0. The van der Waals surface area contributed by atoms with Gasteiger partial charge < -0.3 is 4.74 Å². The van der Waals surface area contributed by atoms with Crippen molar-refractivity contribution in [2.24, 2.45) is 11.3 Å². The van der Waals surface area contributed by atoms with Gasteiger partial charge in [-0.1, -0.05) is 26.3 Å². The molecule has 3 atom stereocenters. The summed E-state index contributed by atoms with van der Waals surface area (Å²) in [6, 6.07) is 11.5. The van der Waals surface area contributed by atoms with Crippen LogP contribution in [0.2, 0.25) is 0 Å². The Kier molecular flexibility index (Phi) is 5.53. The minimum Gasteiger partial charge on any atom is -0.497 e. The zero-order valence-corrected chi connectivity index (χ0v) is 18.6. The zero-order chi connectivity index (χ0) is 23.1. The van der Waals surface area contributed by atoms with E-state index in [-0.39, 0.29) is 28.5 Å². The summed E-state index contributed by atoms with van der Waals surface area (Å²) in [6.45, 7) is 4.22. The fourth-order valence-electron chi connectivity index (χ4n) is 5.92. The predicted octanol–water partition coefficient (Wildman–Crippen LogP) is 4.57. The third kappa shape index (κ3) is 3.55. The minimum absolute atomic E-state index is 0.0969. The Balaban J connectivity index is 1.58. The number of nitro groups is 1. The molecule has 0 heterocycles. The number of imide groups is 1. The number of benzene rings is 2. The lowest BCUT2D eigenvalue weighted by Crippen LogP contribution is -2.56. The van der Waals surface area contributed by atoms with E-state index in [1.165, 1.54) is 35.4 Å². The van der Waals surface area contributed by atoms with Gasteiger partial charge in [0, 0.05) is 17.7 Å². The maximum Gasteiger partial charge on any atom is 0.269 e. The molecule has 0 spiro atoms. The van der Waals surface area contributed by atoms with E-state index in [0.717, 1.165) is 37.9 Å². The highest BCUT2D eigenvalue weighted by Crippen LogP contribution is 2.57. The Morgan fingerprint density at radius 3 is 2.50 bits per heavy atom. The highest BCUT2D eigenvalue weighted by molar-refractivity contribution is 6.06. The van der Waals surface area contributed by atoms with Crippen molar-refractivity contribution in [2.45, 2.75) is 51.4 Å². The Bertz CT molecular complexity index is 1080. The summed E-state index contributed by atoms with van der Waals surface area (Å²) in [5.41, 5.74) is 1.85. The van der Waals surface area contributed by atoms with Crippen LogP contribution in [0.5, 0.6) is 5.75 Å². The van der Waals surface area contributed by atoms with Crippen molar-refractivity contribution < 1.29 is 19.2 Å². The van der Waals surface area contributed by atoms with Crippen molar-refractivity contribution in [2.75, 3.05) is 7.11 Å². The zero-order valence-electron chi connectivity index (χ0n) is 18.6. The molecule has 4 rings (SSSR count). The minimum atomic E-state index is -0.680. The number of nitrogens with zero attached hydrogens (tertiary/aromatic N) is 1. The Morgan fingerprint density at radius 1 is 1.12 bits per heavy atom. The molecule has 0 radical (unpaired) electrons. The van der Waals surface area contributed by atoms with Gasteiger partial charge >= 0.3 is 0 Å². The fourth-order valence-corrected chi connectivity index (χ4v) is 5.92. The molecule has 1 N–H and O–H groups in total. The van der Waals surface area contributed by atoms with Gasteiger partial charge in [-0.15, -0.1) is 0 Å². The first-order valence-corrected chi connectivity index (χ1v) is 11.0. The summed E-state index contributed by atoms with van der Waals surface area (Å²) in [6.07, 6.45) is 4.35. The standard InChI is InChI=1S/C25H28N2O5/c1-24-13-4-14-25(2,21(24)12-7-17-15-19(32-3)10-11-20(17)24)23(29)26-22(28)16-5-8-18(9-6-16)27(30)31/h5-6,8-11,15,21H,4,7,12-14H2,1-3H3,(H,26,28,29)/t21?,24-,25+/m1/s1. The molecule has 2 aromatic carbocycles. The van der Waals surface area contributed by atoms with Gasteiger partial charge in [0.15, 0.2) is 0 Å². The van der Waals surface area contributed by atoms with E-state index in [9.17, 15) is 19.7 Å². The van der Waals surface area contributed by atoms with Gasteiger partial charge in [-0.3, -0.25) is 25.0 Å². The molecule has 168 valence electrons. The third-order valence-corrected chi connectivity index (χ3v) is 7.65. The number of non-ortho nitro benzene ring substituents is 1. The summed E-state index contributed by atoms with van der Waals surface area (Å²) in [4.78, 5) is 36.5. The average molecular weight is 437 g/mol. The van der Waals surface area contributed by atoms with Gasteiger partial charge in [0.1, 0.15) is 5.75 Å². The van der Waals surface area contributed by atoms with E-state index in [4.69, 9.17) is 4.74 Å². The van der Waals surface area contributed by atoms with Crippen LogP contribution >= 0.6 is 0 Å². The van der Waals surface area contributed by atoms with Crippen LogP contribution in [0.15, 0.2) is 42.5 Å². The maximum atomic E-state index is 13.4. The van der Waals surface area contributed by atoms with E-state index in [2.05, 4.69) is 24.4 Å². The largest absolute Gasteiger partial charge is 0.497 e. The molecule has 0 aromatic heterocycles. The molecule has 0 saturated heterocycles. The van der Waals surface area contributed by atoms with E-state index in [1.807, 2.05) is 13.0 Å². The molecule has 1 unspecified atom stereocenters. The van der Waals surface area contributed by atoms with Crippen LogP contribution in [0.1, 0.15) is 61.0 Å². The van der Waals surface area contributed by atoms with Crippen molar-refractivity contribution in [3.8, 4) is 5.75 Å². The number of methoxy groups -OCH3 is 1. The second-order valence-electron chi connectivity index (χ2n) is 9.39. The first-order valence-electron chi connectivity index (χ1n) is 11.0. The Hall–Kier alpha value is -3.22. The molecular weight excluding hydrogens is 408 g/mol. The molecule has 32 heavy (non-hydrogen) atoms. The SMILES string of the molecule is COc1ccc2c(c1)CCC1[C@@](C)(C(=O)NC(=O)c3ccc([N+](=O)[O-])cc3)CCC[C@]21C. The van der Waals surface area contributed by atoms with Gasteiger partial charge in [-0.05, 0) is 72.4 Å². The first-order chi connectivity index (χ1) is 15.2.